The maximum atomic E-state index is 10.9. The number of nitriles is 1. The summed E-state index contributed by atoms with van der Waals surface area (Å²) < 4.78 is 0. The molecule has 2 aliphatic rings. The van der Waals surface area contributed by atoms with E-state index in [1.165, 1.54) is 0 Å². The maximum absolute atomic E-state index is 10.9. The molecule has 0 bridgehead atoms. The van der Waals surface area contributed by atoms with Gasteiger partial charge in [-0.2, -0.15) is 5.26 Å². The van der Waals surface area contributed by atoms with Gasteiger partial charge in [-0.25, -0.2) is 0 Å². The van der Waals surface area contributed by atoms with Gasteiger partial charge in [0.15, 0.2) is 0 Å². The Hall–Kier alpha value is -0.590. The minimum Gasteiger partial charge on any atom is -0.390 e. The molecule has 2 rings (SSSR count). The lowest BCUT2D eigenvalue weighted by Crippen LogP contribution is -2.53. The summed E-state index contributed by atoms with van der Waals surface area (Å²) in [4.78, 5) is 0. The molecule has 0 amide bonds. The Kier molecular flexibility index (Phi) is 3.00. The summed E-state index contributed by atoms with van der Waals surface area (Å²) in [6.07, 6.45) is 5.79. The average molecular weight is 237 g/mol. The van der Waals surface area contributed by atoms with Crippen molar-refractivity contribution in [2.45, 2.75) is 70.0 Å². The summed E-state index contributed by atoms with van der Waals surface area (Å²) in [5.74, 6) is -0.164. The van der Waals surface area contributed by atoms with Crippen LogP contribution in [0.1, 0.15) is 58.8 Å². The zero-order valence-corrected chi connectivity index (χ0v) is 10.9. The lowest BCUT2D eigenvalue weighted by molar-refractivity contribution is -0.116. The van der Waals surface area contributed by atoms with Crippen molar-refractivity contribution in [2.75, 3.05) is 0 Å². The second-order valence-corrected chi connectivity index (χ2v) is 6.25. The first-order valence-corrected chi connectivity index (χ1v) is 6.74. The SMILES string of the molecule is C[C@H]1[C@@](C#N)(C2(O)CCCCC2)CC[C@@]1(C)O. The van der Waals surface area contributed by atoms with E-state index in [1.54, 1.807) is 6.92 Å². The third-order valence-corrected chi connectivity index (χ3v) is 5.41. The molecule has 17 heavy (non-hydrogen) atoms. The largest absolute Gasteiger partial charge is 0.390 e. The highest BCUT2D eigenvalue weighted by atomic mass is 16.3. The Bertz CT molecular complexity index is 339. The minimum absolute atomic E-state index is 0.164. The van der Waals surface area contributed by atoms with E-state index in [1.807, 2.05) is 6.92 Å². The average Bonchev–Trinajstić information content (AvgIpc) is 2.53. The molecule has 96 valence electrons. The second-order valence-electron chi connectivity index (χ2n) is 6.25. The topological polar surface area (TPSA) is 64.2 Å². The van der Waals surface area contributed by atoms with Gasteiger partial charge in [0.25, 0.3) is 0 Å². The van der Waals surface area contributed by atoms with E-state index >= 15 is 0 Å². The van der Waals surface area contributed by atoms with Crippen molar-refractivity contribution in [3.63, 3.8) is 0 Å². The van der Waals surface area contributed by atoms with Crippen LogP contribution in [0.25, 0.3) is 0 Å². The molecule has 2 aliphatic carbocycles. The summed E-state index contributed by atoms with van der Waals surface area (Å²) in [6, 6.07) is 2.38. The summed E-state index contributed by atoms with van der Waals surface area (Å²) in [6.45, 7) is 3.71. The predicted octanol–water partition coefficient (Wildman–Crippen LogP) is 2.37. The van der Waals surface area contributed by atoms with Crippen LogP contribution in [0.3, 0.4) is 0 Å². The van der Waals surface area contributed by atoms with Crippen LogP contribution in [0.2, 0.25) is 0 Å². The van der Waals surface area contributed by atoms with E-state index in [0.717, 1.165) is 19.3 Å². The molecule has 0 aromatic rings. The van der Waals surface area contributed by atoms with Crippen LogP contribution in [0.5, 0.6) is 0 Å². The lowest BCUT2D eigenvalue weighted by Gasteiger charge is -2.46. The number of hydrogen-bond donors (Lipinski definition) is 2. The fourth-order valence-corrected chi connectivity index (χ4v) is 3.89. The molecule has 3 nitrogen and oxygen atoms in total. The molecular formula is C14H23NO2. The Balaban J connectivity index is 2.36. The predicted molar refractivity (Wildman–Crippen MR) is 65.1 cm³/mol. The molecule has 3 heteroatoms. The molecule has 2 N–H and O–H groups in total. The van der Waals surface area contributed by atoms with Crippen LogP contribution in [-0.2, 0) is 0 Å². The van der Waals surface area contributed by atoms with Gasteiger partial charge in [-0.1, -0.05) is 26.2 Å². The van der Waals surface area contributed by atoms with E-state index in [4.69, 9.17) is 0 Å². The van der Waals surface area contributed by atoms with E-state index in [-0.39, 0.29) is 5.92 Å². The molecular weight excluding hydrogens is 214 g/mol. The Morgan fingerprint density at radius 3 is 2.06 bits per heavy atom. The van der Waals surface area contributed by atoms with Gasteiger partial charge in [-0.05, 0) is 32.6 Å². The van der Waals surface area contributed by atoms with E-state index in [2.05, 4.69) is 6.07 Å². The molecule has 2 saturated carbocycles. The molecule has 0 unspecified atom stereocenters. The van der Waals surface area contributed by atoms with E-state index < -0.39 is 16.6 Å². The van der Waals surface area contributed by atoms with Crippen molar-refractivity contribution in [3.05, 3.63) is 0 Å². The van der Waals surface area contributed by atoms with Gasteiger partial charge >= 0.3 is 0 Å². The molecule has 0 aliphatic heterocycles. The lowest BCUT2D eigenvalue weighted by atomic mass is 9.60. The third-order valence-electron chi connectivity index (χ3n) is 5.41. The number of rotatable bonds is 1. The zero-order chi connectivity index (χ0) is 12.7. The second kappa shape index (κ2) is 3.96. The number of aliphatic hydroxyl groups is 2. The van der Waals surface area contributed by atoms with Crippen LogP contribution >= 0.6 is 0 Å². The highest BCUT2D eigenvalue weighted by Gasteiger charge is 2.62. The van der Waals surface area contributed by atoms with Crippen LogP contribution in [0, 0.1) is 22.7 Å². The Morgan fingerprint density at radius 2 is 1.65 bits per heavy atom. The van der Waals surface area contributed by atoms with Crippen molar-refractivity contribution < 1.29 is 10.2 Å². The molecule has 0 aromatic heterocycles. The summed E-state index contributed by atoms with van der Waals surface area (Å²) >= 11 is 0. The number of hydrogen-bond acceptors (Lipinski definition) is 3. The van der Waals surface area contributed by atoms with Gasteiger partial charge in [0.2, 0.25) is 0 Å². The number of nitrogens with zero attached hydrogens (tertiary/aromatic N) is 1. The molecule has 0 saturated heterocycles. The van der Waals surface area contributed by atoms with Gasteiger partial charge in [0.05, 0.1) is 22.7 Å². The van der Waals surface area contributed by atoms with Gasteiger partial charge < -0.3 is 10.2 Å². The van der Waals surface area contributed by atoms with Crippen LogP contribution in [0.4, 0.5) is 0 Å². The quantitative estimate of drug-likeness (QED) is 0.736. The summed E-state index contributed by atoms with van der Waals surface area (Å²) in [5.41, 5.74) is -2.46. The maximum Gasteiger partial charge on any atom is 0.0913 e. The highest BCUT2D eigenvalue weighted by Crippen LogP contribution is 2.58. The van der Waals surface area contributed by atoms with Crippen LogP contribution < -0.4 is 0 Å². The molecule has 0 aromatic carbocycles. The van der Waals surface area contributed by atoms with Gasteiger partial charge in [-0.15, -0.1) is 0 Å². The van der Waals surface area contributed by atoms with Gasteiger partial charge in [0.1, 0.15) is 0 Å². The van der Waals surface area contributed by atoms with Crippen LogP contribution in [0.15, 0.2) is 0 Å². The summed E-state index contributed by atoms with van der Waals surface area (Å²) in [7, 11) is 0. The Morgan fingerprint density at radius 1 is 1.06 bits per heavy atom. The third kappa shape index (κ3) is 1.70. The van der Waals surface area contributed by atoms with Gasteiger partial charge in [0, 0.05) is 5.92 Å². The van der Waals surface area contributed by atoms with Gasteiger partial charge in [-0.3, -0.25) is 0 Å². The molecule has 0 spiro atoms. The van der Waals surface area contributed by atoms with Crippen LogP contribution in [-0.4, -0.2) is 21.4 Å². The van der Waals surface area contributed by atoms with Crippen molar-refractivity contribution in [3.8, 4) is 6.07 Å². The normalized spacial score (nSPS) is 45.5. The fourth-order valence-electron chi connectivity index (χ4n) is 3.89. The highest BCUT2D eigenvalue weighted by molar-refractivity contribution is 5.20. The van der Waals surface area contributed by atoms with E-state index in [0.29, 0.717) is 25.7 Å². The standard InChI is InChI=1S/C14H23NO2/c1-11-12(2,16)8-9-13(11,10-15)14(17)6-4-3-5-7-14/h11,16-17H,3-9H2,1-2H3/t11-,12-,13-/m1/s1. The zero-order valence-electron chi connectivity index (χ0n) is 10.9. The smallest absolute Gasteiger partial charge is 0.0913 e. The first-order chi connectivity index (χ1) is 7.88. The molecule has 0 heterocycles. The molecule has 2 fully saturated rings. The monoisotopic (exact) mass is 237 g/mol. The van der Waals surface area contributed by atoms with Crippen molar-refractivity contribution in [1.82, 2.24) is 0 Å². The fraction of sp³-hybridized carbons (Fsp3) is 0.929. The van der Waals surface area contributed by atoms with Crippen molar-refractivity contribution in [1.29, 1.82) is 5.26 Å². The van der Waals surface area contributed by atoms with Crippen molar-refractivity contribution in [2.24, 2.45) is 11.3 Å². The summed E-state index contributed by atoms with van der Waals surface area (Å²) in [5, 5.41) is 30.8. The van der Waals surface area contributed by atoms with E-state index in [9.17, 15) is 15.5 Å². The molecule has 3 atom stereocenters. The molecule has 0 radical (unpaired) electrons. The van der Waals surface area contributed by atoms with Crippen molar-refractivity contribution >= 4 is 0 Å². The minimum atomic E-state index is -0.889. The first-order valence-electron chi connectivity index (χ1n) is 6.74. The first kappa shape index (κ1) is 12.9. The Labute approximate surface area is 103 Å².